The van der Waals surface area contributed by atoms with Gasteiger partial charge >= 0.3 is 0 Å². The maximum atomic E-state index is 9.51. The number of nitrogens with one attached hydrogen (secondary N) is 1. The number of aromatic nitrogens is 2. The molecule has 0 bridgehead atoms. The Morgan fingerprint density at radius 2 is 2.20 bits per heavy atom. The fraction of sp³-hybridized carbons (Fsp3) is 0.385. The lowest BCUT2D eigenvalue weighted by molar-refractivity contribution is 0.199. The van der Waals surface area contributed by atoms with E-state index in [9.17, 15) is 5.11 Å². The number of methoxy groups -OCH3 is 1. The van der Waals surface area contributed by atoms with E-state index in [1.807, 2.05) is 0 Å². The second-order valence-electron chi connectivity index (χ2n) is 4.16. The van der Waals surface area contributed by atoms with Gasteiger partial charge in [-0.15, -0.1) is 10.2 Å². The number of benzene rings is 1. The largest absolute Gasteiger partial charge is 0.508 e. The molecule has 2 aromatic rings. The van der Waals surface area contributed by atoms with E-state index >= 15 is 0 Å². The fourth-order valence-corrected chi connectivity index (χ4v) is 2.77. The first kappa shape index (κ1) is 15.2. The zero-order valence-electron chi connectivity index (χ0n) is 11.1. The van der Waals surface area contributed by atoms with Crippen molar-refractivity contribution in [2.24, 2.45) is 0 Å². The molecule has 0 amide bonds. The number of phenolic OH excluding ortho intramolecular Hbond substituents is 1. The third-order valence-electron chi connectivity index (χ3n) is 2.65. The summed E-state index contributed by atoms with van der Waals surface area (Å²) >= 11 is 7.59. The van der Waals surface area contributed by atoms with E-state index in [1.54, 1.807) is 25.3 Å². The SMILES string of the molecule is COCCNCCc1nnc(-c2cc(O)ccc2Cl)s1. The molecule has 2 N–H and O–H groups in total. The summed E-state index contributed by atoms with van der Waals surface area (Å²) < 4.78 is 4.95. The minimum atomic E-state index is 0.169. The van der Waals surface area contributed by atoms with Crippen LogP contribution in [-0.2, 0) is 11.2 Å². The smallest absolute Gasteiger partial charge is 0.149 e. The summed E-state index contributed by atoms with van der Waals surface area (Å²) in [6.07, 6.45) is 0.803. The fourth-order valence-electron chi connectivity index (χ4n) is 1.64. The van der Waals surface area contributed by atoms with Gasteiger partial charge in [-0.2, -0.15) is 0 Å². The summed E-state index contributed by atoms with van der Waals surface area (Å²) in [4.78, 5) is 0. The highest BCUT2D eigenvalue weighted by Gasteiger charge is 2.10. The van der Waals surface area contributed by atoms with E-state index < -0.39 is 0 Å². The van der Waals surface area contributed by atoms with Crippen molar-refractivity contribution in [3.63, 3.8) is 0 Å². The van der Waals surface area contributed by atoms with Gasteiger partial charge in [-0.05, 0) is 18.2 Å². The van der Waals surface area contributed by atoms with Gasteiger partial charge in [0.25, 0.3) is 0 Å². The second kappa shape index (κ2) is 7.54. The molecule has 0 aliphatic heterocycles. The van der Waals surface area contributed by atoms with Crippen LogP contribution < -0.4 is 5.32 Å². The van der Waals surface area contributed by atoms with Crippen molar-refractivity contribution in [2.75, 3.05) is 26.8 Å². The van der Waals surface area contributed by atoms with Crippen LogP contribution in [0.4, 0.5) is 0 Å². The molecule has 0 atom stereocenters. The van der Waals surface area contributed by atoms with Gasteiger partial charge in [-0.25, -0.2) is 0 Å². The summed E-state index contributed by atoms with van der Waals surface area (Å²) in [6, 6.07) is 4.80. The van der Waals surface area contributed by atoms with Gasteiger partial charge in [0.05, 0.1) is 11.6 Å². The van der Waals surface area contributed by atoms with Crippen molar-refractivity contribution in [1.29, 1.82) is 0 Å². The normalized spacial score (nSPS) is 10.9. The Kier molecular flexibility index (Phi) is 5.72. The van der Waals surface area contributed by atoms with Crippen LogP contribution >= 0.6 is 22.9 Å². The van der Waals surface area contributed by atoms with Crippen LogP contribution in [0.25, 0.3) is 10.6 Å². The van der Waals surface area contributed by atoms with Gasteiger partial charge in [-0.1, -0.05) is 22.9 Å². The average molecular weight is 314 g/mol. The zero-order chi connectivity index (χ0) is 14.4. The van der Waals surface area contributed by atoms with Gasteiger partial charge in [-0.3, -0.25) is 0 Å². The monoisotopic (exact) mass is 313 g/mol. The van der Waals surface area contributed by atoms with Gasteiger partial charge in [0.1, 0.15) is 15.8 Å². The first-order valence-corrected chi connectivity index (χ1v) is 7.41. The summed E-state index contributed by atoms with van der Waals surface area (Å²) in [7, 11) is 1.68. The molecular weight excluding hydrogens is 298 g/mol. The van der Waals surface area contributed by atoms with E-state index in [1.165, 1.54) is 11.3 Å². The van der Waals surface area contributed by atoms with Gasteiger partial charge in [0.2, 0.25) is 0 Å². The van der Waals surface area contributed by atoms with Crippen LogP contribution in [0.1, 0.15) is 5.01 Å². The summed E-state index contributed by atoms with van der Waals surface area (Å²) in [5.74, 6) is 0.169. The number of hydrogen-bond acceptors (Lipinski definition) is 6. The first-order valence-electron chi connectivity index (χ1n) is 6.21. The lowest BCUT2D eigenvalue weighted by atomic mass is 10.2. The molecule has 1 heterocycles. The molecule has 0 aliphatic rings. The number of ether oxygens (including phenoxy) is 1. The number of nitrogens with zero attached hydrogens (tertiary/aromatic N) is 2. The quantitative estimate of drug-likeness (QED) is 0.768. The topological polar surface area (TPSA) is 67.3 Å². The van der Waals surface area contributed by atoms with Crippen molar-refractivity contribution >= 4 is 22.9 Å². The molecule has 0 saturated heterocycles. The molecule has 0 aliphatic carbocycles. The summed E-state index contributed by atoms with van der Waals surface area (Å²) in [6.45, 7) is 2.34. The number of phenols is 1. The molecule has 1 aromatic heterocycles. The predicted octanol–water partition coefficient (Wildman–Crippen LogP) is 2.34. The minimum absolute atomic E-state index is 0.169. The highest BCUT2D eigenvalue weighted by Crippen LogP contribution is 2.32. The standard InChI is InChI=1S/C13H16ClN3O2S/c1-19-7-6-15-5-4-12-16-17-13(20-12)10-8-9(18)2-3-11(10)14/h2-3,8,15,18H,4-7H2,1H3. The molecule has 0 spiro atoms. The van der Waals surface area contributed by atoms with Crippen LogP contribution in [0.3, 0.4) is 0 Å². The van der Waals surface area contributed by atoms with E-state index in [4.69, 9.17) is 16.3 Å². The average Bonchev–Trinajstić information content (AvgIpc) is 2.90. The molecule has 0 saturated carbocycles. The van der Waals surface area contributed by atoms with Gasteiger partial charge in [0.15, 0.2) is 0 Å². The van der Waals surface area contributed by atoms with Crippen molar-refractivity contribution in [3.8, 4) is 16.3 Å². The maximum absolute atomic E-state index is 9.51. The Morgan fingerprint density at radius 1 is 1.35 bits per heavy atom. The molecule has 2 rings (SSSR count). The molecule has 1 aromatic carbocycles. The highest BCUT2D eigenvalue weighted by atomic mass is 35.5. The maximum Gasteiger partial charge on any atom is 0.149 e. The molecule has 0 unspecified atom stereocenters. The predicted molar refractivity (Wildman–Crippen MR) is 80.5 cm³/mol. The Bertz CT molecular complexity index is 562. The number of hydrogen-bond donors (Lipinski definition) is 2. The minimum Gasteiger partial charge on any atom is -0.508 e. The highest BCUT2D eigenvalue weighted by molar-refractivity contribution is 7.14. The van der Waals surface area contributed by atoms with Crippen LogP contribution in [0.5, 0.6) is 5.75 Å². The second-order valence-corrected chi connectivity index (χ2v) is 5.63. The van der Waals surface area contributed by atoms with Crippen molar-refractivity contribution in [2.45, 2.75) is 6.42 Å². The van der Waals surface area contributed by atoms with Gasteiger partial charge in [0, 0.05) is 32.2 Å². The molecule has 108 valence electrons. The lowest BCUT2D eigenvalue weighted by Crippen LogP contribution is -2.21. The van der Waals surface area contributed by atoms with Gasteiger partial charge < -0.3 is 15.2 Å². The van der Waals surface area contributed by atoms with Crippen LogP contribution in [0.2, 0.25) is 5.02 Å². The Labute approximate surface area is 126 Å². The molecule has 7 heteroatoms. The Morgan fingerprint density at radius 3 is 3.00 bits per heavy atom. The summed E-state index contributed by atoms with van der Waals surface area (Å²) in [5.41, 5.74) is 0.711. The van der Waals surface area contributed by atoms with Crippen molar-refractivity contribution < 1.29 is 9.84 Å². The van der Waals surface area contributed by atoms with E-state index in [2.05, 4.69) is 15.5 Å². The van der Waals surface area contributed by atoms with E-state index in [0.717, 1.165) is 29.5 Å². The third kappa shape index (κ3) is 4.14. The van der Waals surface area contributed by atoms with E-state index in [-0.39, 0.29) is 5.75 Å². The number of aromatic hydroxyl groups is 1. The molecule has 20 heavy (non-hydrogen) atoms. The first-order chi connectivity index (χ1) is 9.70. The molecule has 5 nitrogen and oxygen atoms in total. The summed E-state index contributed by atoms with van der Waals surface area (Å²) in [5, 5.41) is 23.2. The lowest BCUT2D eigenvalue weighted by Gasteiger charge is -2.01. The molecular formula is C13H16ClN3O2S. The number of rotatable bonds is 7. The zero-order valence-corrected chi connectivity index (χ0v) is 12.7. The Balaban J connectivity index is 1.96. The van der Waals surface area contributed by atoms with Crippen LogP contribution in [0, 0.1) is 0 Å². The molecule has 0 fully saturated rings. The van der Waals surface area contributed by atoms with Crippen LogP contribution in [0.15, 0.2) is 18.2 Å². The molecule has 0 radical (unpaired) electrons. The van der Waals surface area contributed by atoms with Crippen molar-refractivity contribution in [3.05, 3.63) is 28.2 Å². The number of halogens is 1. The van der Waals surface area contributed by atoms with Crippen molar-refractivity contribution in [1.82, 2.24) is 15.5 Å². The Hall–Kier alpha value is -1.21. The van der Waals surface area contributed by atoms with E-state index in [0.29, 0.717) is 17.2 Å². The van der Waals surface area contributed by atoms with Crippen LogP contribution in [-0.4, -0.2) is 42.1 Å². The third-order valence-corrected chi connectivity index (χ3v) is 3.99.